The summed E-state index contributed by atoms with van der Waals surface area (Å²) in [6.45, 7) is 3.36. The molecule has 0 spiro atoms. The van der Waals surface area contributed by atoms with Gasteiger partial charge in [0.1, 0.15) is 5.71 Å². The lowest BCUT2D eigenvalue weighted by Gasteiger charge is -2.31. The summed E-state index contributed by atoms with van der Waals surface area (Å²) >= 11 is 0. The van der Waals surface area contributed by atoms with Crippen LogP contribution in [0.4, 0.5) is 0 Å². The van der Waals surface area contributed by atoms with Gasteiger partial charge in [0.15, 0.2) is 0 Å². The van der Waals surface area contributed by atoms with Crippen LogP contribution in [-0.4, -0.2) is 42.1 Å². The van der Waals surface area contributed by atoms with E-state index >= 15 is 0 Å². The Labute approximate surface area is 116 Å². The normalized spacial score (nSPS) is 28.5. The van der Waals surface area contributed by atoms with E-state index in [0.29, 0.717) is 0 Å². The summed E-state index contributed by atoms with van der Waals surface area (Å²) < 4.78 is 5.41. The van der Waals surface area contributed by atoms with Gasteiger partial charge in [-0.05, 0) is 25.7 Å². The summed E-state index contributed by atoms with van der Waals surface area (Å²) in [6.07, 6.45) is 11.8. The zero-order chi connectivity index (χ0) is 13.3. The molecule has 4 nitrogen and oxygen atoms in total. The number of rotatable bonds is 1. The lowest BCUT2D eigenvalue weighted by molar-refractivity contribution is 0.0560. The van der Waals surface area contributed by atoms with Crippen LogP contribution in [0.1, 0.15) is 51.4 Å². The van der Waals surface area contributed by atoms with Gasteiger partial charge in [0, 0.05) is 13.1 Å². The van der Waals surface area contributed by atoms with Crippen molar-refractivity contribution in [1.29, 1.82) is 0 Å². The molecular formula is C15H26N2O2. The molecule has 1 saturated heterocycles. The van der Waals surface area contributed by atoms with Crippen molar-refractivity contribution < 1.29 is 9.94 Å². The zero-order valence-electron chi connectivity index (χ0n) is 11.8. The van der Waals surface area contributed by atoms with E-state index in [1.807, 2.05) is 0 Å². The van der Waals surface area contributed by atoms with Gasteiger partial charge in [0.2, 0.25) is 0 Å². The highest BCUT2D eigenvalue weighted by molar-refractivity contribution is 5.99. The first-order valence-electron chi connectivity index (χ1n) is 7.66. The molecule has 0 saturated carbocycles. The fourth-order valence-corrected chi connectivity index (χ4v) is 2.85. The summed E-state index contributed by atoms with van der Waals surface area (Å²) in [6, 6.07) is 0. The molecule has 0 atom stereocenters. The Bertz CT molecular complexity index is 320. The molecule has 108 valence electrons. The summed E-state index contributed by atoms with van der Waals surface area (Å²) in [4.78, 5) is 2.32. The van der Waals surface area contributed by atoms with Crippen LogP contribution in [0.3, 0.4) is 0 Å². The third-order valence-corrected chi connectivity index (χ3v) is 3.97. The molecule has 0 aromatic heterocycles. The molecule has 0 radical (unpaired) electrons. The van der Waals surface area contributed by atoms with Crippen LogP contribution in [0.15, 0.2) is 16.9 Å². The molecule has 1 aliphatic carbocycles. The summed E-state index contributed by atoms with van der Waals surface area (Å²) in [5.41, 5.74) is 2.01. The van der Waals surface area contributed by atoms with Crippen molar-refractivity contribution in [2.75, 3.05) is 26.3 Å². The van der Waals surface area contributed by atoms with Crippen molar-refractivity contribution in [3.8, 4) is 0 Å². The predicted molar refractivity (Wildman–Crippen MR) is 76.6 cm³/mol. The molecule has 0 bridgehead atoms. The average molecular weight is 266 g/mol. The molecule has 0 amide bonds. The van der Waals surface area contributed by atoms with Crippen molar-refractivity contribution in [2.24, 2.45) is 5.16 Å². The van der Waals surface area contributed by atoms with E-state index in [1.165, 1.54) is 32.1 Å². The second-order valence-electron chi connectivity index (χ2n) is 5.40. The van der Waals surface area contributed by atoms with Crippen molar-refractivity contribution in [2.45, 2.75) is 51.4 Å². The average Bonchev–Trinajstić information content (AvgIpc) is 2.52. The zero-order valence-corrected chi connectivity index (χ0v) is 11.8. The molecule has 2 rings (SSSR count). The number of nitrogens with zero attached hydrogens (tertiary/aromatic N) is 2. The molecule has 1 heterocycles. The smallest absolute Gasteiger partial charge is 0.102 e. The molecule has 4 heteroatoms. The summed E-state index contributed by atoms with van der Waals surface area (Å²) in [5.74, 6) is 0. The Balaban J connectivity index is 2.08. The number of hydrogen-bond acceptors (Lipinski definition) is 4. The van der Waals surface area contributed by atoms with Crippen LogP contribution in [0.25, 0.3) is 0 Å². The maximum absolute atomic E-state index is 9.33. The molecule has 0 aromatic rings. The van der Waals surface area contributed by atoms with E-state index in [1.54, 1.807) is 0 Å². The Morgan fingerprint density at radius 2 is 1.68 bits per heavy atom. The highest BCUT2D eigenvalue weighted by Gasteiger charge is 2.18. The van der Waals surface area contributed by atoms with Crippen LogP contribution in [0.5, 0.6) is 0 Å². The first-order chi connectivity index (χ1) is 9.42. The number of ether oxygens (including phenoxy) is 1. The largest absolute Gasteiger partial charge is 0.411 e. The molecule has 1 fully saturated rings. The van der Waals surface area contributed by atoms with Crippen molar-refractivity contribution in [3.05, 3.63) is 11.8 Å². The fraction of sp³-hybridized carbons (Fsp3) is 0.800. The molecule has 19 heavy (non-hydrogen) atoms. The van der Waals surface area contributed by atoms with Gasteiger partial charge in [0.05, 0.1) is 18.9 Å². The minimum absolute atomic E-state index is 0.774. The lowest BCUT2D eigenvalue weighted by atomic mass is 10.1. The Morgan fingerprint density at radius 3 is 2.42 bits per heavy atom. The van der Waals surface area contributed by atoms with Crippen molar-refractivity contribution in [3.63, 3.8) is 0 Å². The number of allylic oxidation sites excluding steroid dienone is 2. The first kappa shape index (κ1) is 14.4. The fourth-order valence-electron chi connectivity index (χ4n) is 2.85. The van der Waals surface area contributed by atoms with Gasteiger partial charge in [-0.2, -0.15) is 0 Å². The number of oxime groups is 1. The van der Waals surface area contributed by atoms with E-state index in [4.69, 9.17) is 4.74 Å². The topological polar surface area (TPSA) is 45.1 Å². The van der Waals surface area contributed by atoms with E-state index < -0.39 is 0 Å². The number of hydrogen-bond donors (Lipinski definition) is 1. The van der Waals surface area contributed by atoms with Gasteiger partial charge in [-0.1, -0.05) is 36.9 Å². The van der Waals surface area contributed by atoms with Gasteiger partial charge in [-0.3, -0.25) is 0 Å². The Kier molecular flexibility index (Phi) is 6.21. The van der Waals surface area contributed by atoms with E-state index in [9.17, 15) is 5.21 Å². The van der Waals surface area contributed by atoms with Gasteiger partial charge < -0.3 is 14.8 Å². The highest BCUT2D eigenvalue weighted by Crippen LogP contribution is 2.19. The van der Waals surface area contributed by atoms with Crippen molar-refractivity contribution >= 4 is 5.71 Å². The molecule has 0 unspecified atom stereocenters. The second-order valence-corrected chi connectivity index (χ2v) is 5.40. The van der Waals surface area contributed by atoms with Gasteiger partial charge >= 0.3 is 0 Å². The minimum Gasteiger partial charge on any atom is -0.411 e. The van der Waals surface area contributed by atoms with Crippen LogP contribution in [0.2, 0.25) is 0 Å². The molecular weight excluding hydrogens is 240 g/mol. The lowest BCUT2D eigenvalue weighted by Crippen LogP contribution is -2.38. The first-order valence-corrected chi connectivity index (χ1v) is 7.66. The summed E-state index contributed by atoms with van der Waals surface area (Å²) in [5, 5.41) is 12.9. The monoisotopic (exact) mass is 266 g/mol. The van der Waals surface area contributed by atoms with E-state index in [2.05, 4.69) is 16.1 Å². The third-order valence-electron chi connectivity index (χ3n) is 3.97. The maximum atomic E-state index is 9.33. The standard InChI is InChI=1S/C15H26N2O2/c18-16-14-8-6-4-2-1-3-5-7-9-15(14)17-10-12-19-13-11-17/h9,18H,1-8,10-13H2/b15-9+,16-14+. The second kappa shape index (κ2) is 8.20. The van der Waals surface area contributed by atoms with Crippen LogP contribution in [-0.2, 0) is 4.74 Å². The van der Waals surface area contributed by atoms with Gasteiger partial charge in [-0.15, -0.1) is 0 Å². The van der Waals surface area contributed by atoms with Crippen molar-refractivity contribution in [1.82, 2.24) is 4.90 Å². The molecule has 1 aliphatic heterocycles. The molecule has 2 aliphatic rings. The van der Waals surface area contributed by atoms with Crippen LogP contribution >= 0.6 is 0 Å². The maximum Gasteiger partial charge on any atom is 0.102 e. The number of morpholine rings is 1. The Morgan fingerprint density at radius 1 is 1.00 bits per heavy atom. The third kappa shape index (κ3) is 4.53. The molecule has 1 N–H and O–H groups in total. The molecule has 0 aromatic carbocycles. The van der Waals surface area contributed by atoms with Gasteiger partial charge in [0.25, 0.3) is 0 Å². The quantitative estimate of drug-likeness (QED) is 0.585. The van der Waals surface area contributed by atoms with Crippen LogP contribution < -0.4 is 0 Å². The van der Waals surface area contributed by atoms with E-state index in [-0.39, 0.29) is 0 Å². The van der Waals surface area contributed by atoms with Crippen LogP contribution in [0, 0.1) is 0 Å². The predicted octanol–water partition coefficient (Wildman–Crippen LogP) is 3.17. The Hall–Kier alpha value is -1.03. The SMILES string of the molecule is O/N=C1CCCCCCCC/C=C\1N1CCOCC1. The highest BCUT2D eigenvalue weighted by atomic mass is 16.5. The van der Waals surface area contributed by atoms with Gasteiger partial charge in [-0.25, -0.2) is 0 Å². The minimum atomic E-state index is 0.774. The van der Waals surface area contributed by atoms with E-state index in [0.717, 1.165) is 57.0 Å². The summed E-state index contributed by atoms with van der Waals surface area (Å²) in [7, 11) is 0.